The molecular formula is C14H9Cl5. The molecule has 0 saturated heterocycles. The Kier molecular flexibility index (Phi) is 4.92. The summed E-state index contributed by atoms with van der Waals surface area (Å²) in [5, 5.41) is 1.14. The maximum atomic E-state index is 6.21. The second kappa shape index (κ2) is 6.11. The zero-order valence-corrected chi connectivity index (χ0v) is 13.4. The minimum absolute atomic E-state index is 0.482. The van der Waals surface area contributed by atoms with Gasteiger partial charge in [-0.25, -0.2) is 0 Å². The molecule has 0 aliphatic rings. The summed E-state index contributed by atoms with van der Waals surface area (Å²) < 4.78 is -1.52. The van der Waals surface area contributed by atoms with Crippen LogP contribution in [0.4, 0.5) is 0 Å². The normalized spacial score (nSPS) is 13.3. The van der Waals surface area contributed by atoms with Crippen LogP contribution >= 0.6 is 58.0 Å². The molecule has 0 N–H and O–H groups in total. The van der Waals surface area contributed by atoms with Crippen molar-refractivity contribution in [2.24, 2.45) is 0 Å². The van der Waals surface area contributed by atoms with Crippen molar-refractivity contribution in [3.63, 3.8) is 0 Å². The lowest BCUT2D eigenvalue weighted by Gasteiger charge is -2.26. The maximum Gasteiger partial charge on any atom is 0.201 e. The van der Waals surface area contributed by atoms with Crippen LogP contribution < -0.4 is 0 Å². The Morgan fingerprint density at radius 2 is 1.53 bits per heavy atom. The smallest absolute Gasteiger partial charge is 0.0843 e. The van der Waals surface area contributed by atoms with Crippen molar-refractivity contribution in [1.82, 2.24) is 0 Å². The zero-order chi connectivity index (χ0) is 14.0. The fourth-order valence-electron chi connectivity index (χ4n) is 1.94. The Morgan fingerprint density at radius 3 is 2.11 bits per heavy atom. The Balaban J connectivity index is 2.58. The number of rotatable bonds is 2. The lowest BCUT2D eigenvalue weighted by molar-refractivity contribution is 0.839. The minimum atomic E-state index is -1.52. The van der Waals surface area contributed by atoms with Crippen molar-refractivity contribution in [2.45, 2.75) is 9.71 Å². The second-order valence-electron chi connectivity index (χ2n) is 4.05. The average molecular weight is 354 g/mol. The van der Waals surface area contributed by atoms with Gasteiger partial charge < -0.3 is 0 Å². The van der Waals surface area contributed by atoms with Gasteiger partial charge in [0.25, 0.3) is 0 Å². The summed E-state index contributed by atoms with van der Waals surface area (Å²) in [7, 11) is 0. The van der Waals surface area contributed by atoms with Gasteiger partial charge in [-0.2, -0.15) is 0 Å². The molecule has 0 spiro atoms. The van der Waals surface area contributed by atoms with Gasteiger partial charge in [-0.05, 0) is 29.3 Å². The summed E-state index contributed by atoms with van der Waals surface area (Å²) in [6.45, 7) is 0. The van der Waals surface area contributed by atoms with Gasteiger partial charge in [-0.1, -0.05) is 88.3 Å². The van der Waals surface area contributed by atoms with E-state index in [4.69, 9.17) is 58.0 Å². The number of hydrogen-bond donors (Lipinski definition) is 0. The molecule has 2 aromatic carbocycles. The lowest BCUT2D eigenvalue weighted by atomic mass is 9.92. The van der Waals surface area contributed by atoms with Crippen LogP contribution in [0.5, 0.6) is 0 Å². The lowest BCUT2D eigenvalue weighted by Crippen LogP contribution is -2.18. The molecule has 1 unspecified atom stereocenters. The summed E-state index contributed by atoms with van der Waals surface area (Å²) in [6.07, 6.45) is 0. The van der Waals surface area contributed by atoms with Crippen LogP contribution in [0.15, 0.2) is 48.5 Å². The van der Waals surface area contributed by atoms with E-state index < -0.39 is 9.71 Å². The van der Waals surface area contributed by atoms with Crippen LogP contribution in [0, 0.1) is 0 Å². The van der Waals surface area contributed by atoms with Crippen molar-refractivity contribution in [3.8, 4) is 0 Å². The highest BCUT2D eigenvalue weighted by atomic mass is 35.6. The van der Waals surface area contributed by atoms with E-state index >= 15 is 0 Å². The molecule has 19 heavy (non-hydrogen) atoms. The molecule has 0 aromatic heterocycles. The van der Waals surface area contributed by atoms with Crippen LogP contribution in [-0.4, -0.2) is 3.79 Å². The fourth-order valence-corrected chi connectivity index (χ4v) is 3.11. The van der Waals surface area contributed by atoms with E-state index in [1.165, 1.54) is 0 Å². The standard InChI is InChI=1S/C14H9Cl5/c15-10-5-3-4-9(8-10)13(14(17,18)19)11-6-1-2-7-12(11)16/h1-8,13H. The molecule has 0 aliphatic heterocycles. The van der Waals surface area contributed by atoms with E-state index in [2.05, 4.69) is 0 Å². The first-order chi connectivity index (χ1) is 8.89. The predicted octanol–water partition coefficient (Wildman–Crippen LogP) is 6.50. The van der Waals surface area contributed by atoms with E-state index in [0.717, 1.165) is 11.1 Å². The molecule has 2 rings (SSSR count). The van der Waals surface area contributed by atoms with E-state index in [0.29, 0.717) is 10.0 Å². The van der Waals surface area contributed by atoms with Gasteiger partial charge >= 0.3 is 0 Å². The third-order valence-electron chi connectivity index (χ3n) is 2.73. The third-order valence-corrected chi connectivity index (χ3v) is 3.96. The van der Waals surface area contributed by atoms with Gasteiger partial charge in [0.15, 0.2) is 0 Å². The number of benzene rings is 2. The Bertz CT molecular complexity index is 574. The van der Waals surface area contributed by atoms with Gasteiger partial charge in [0, 0.05) is 10.0 Å². The van der Waals surface area contributed by atoms with E-state index in [1.54, 1.807) is 18.2 Å². The molecule has 0 amide bonds. The maximum absolute atomic E-state index is 6.21. The highest BCUT2D eigenvalue weighted by molar-refractivity contribution is 6.68. The Morgan fingerprint density at radius 1 is 0.842 bits per heavy atom. The van der Waals surface area contributed by atoms with Crippen molar-refractivity contribution in [3.05, 3.63) is 69.7 Å². The molecule has 5 heteroatoms. The van der Waals surface area contributed by atoms with E-state index in [9.17, 15) is 0 Å². The molecule has 0 bridgehead atoms. The predicted molar refractivity (Wildman–Crippen MR) is 85.0 cm³/mol. The van der Waals surface area contributed by atoms with Gasteiger partial charge in [0.05, 0.1) is 5.92 Å². The van der Waals surface area contributed by atoms with Crippen LogP contribution in [0.25, 0.3) is 0 Å². The van der Waals surface area contributed by atoms with Crippen molar-refractivity contribution in [1.29, 1.82) is 0 Å². The summed E-state index contributed by atoms with van der Waals surface area (Å²) in [5.74, 6) is -0.482. The van der Waals surface area contributed by atoms with Gasteiger partial charge in [0.2, 0.25) is 3.79 Å². The minimum Gasteiger partial charge on any atom is -0.0843 e. The monoisotopic (exact) mass is 352 g/mol. The highest BCUT2D eigenvalue weighted by Gasteiger charge is 2.36. The summed E-state index contributed by atoms with van der Waals surface area (Å²) in [4.78, 5) is 0. The molecule has 100 valence electrons. The van der Waals surface area contributed by atoms with Crippen LogP contribution in [-0.2, 0) is 0 Å². The molecule has 0 heterocycles. The average Bonchev–Trinajstić information content (AvgIpc) is 2.30. The Labute approximate surface area is 137 Å². The van der Waals surface area contributed by atoms with Gasteiger partial charge in [-0.3, -0.25) is 0 Å². The SMILES string of the molecule is Clc1cccc(C(c2ccccc2Cl)C(Cl)(Cl)Cl)c1. The zero-order valence-electron chi connectivity index (χ0n) is 9.59. The molecular weight excluding hydrogens is 345 g/mol. The number of alkyl halides is 3. The van der Waals surface area contributed by atoms with Crippen molar-refractivity contribution < 1.29 is 0 Å². The fraction of sp³-hybridized carbons (Fsp3) is 0.143. The molecule has 0 aliphatic carbocycles. The summed E-state index contributed by atoms with van der Waals surface area (Å²) in [5.41, 5.74) is 1.56. The van der Waals surface area contributed by atoms with E-state index in [1.807, 2.05) is 30.3 Å². The number of hydrogen-bond acceptors (Lipinski definition) is 0. The van der Waals surface area contributed by atoms with Crippen LogP contribution in [0.1, 0.15) is 17.0 Å². The quantitative estimate of drug-likeness (QED) is 0.540. The third kappa shape index (κ3) is 3.71. The van der Waals surface area contributed by atoms with Crippen LogP contribution in [0.2, 0.25) is 10.0 Å². The first-order valence-electron chi connectivity index (χ1n) is 5.46. The molecule has 0 saturated carbocycles. The molecule has 1 atom stereocenters. The van der Waals surface area contributed by atoms with Crippen molar-refractivity contribution in [2.75, 3.05) is 0 Å². The second-order valence-corrected chi connectivity index (χ2v) is 7.26. The van der Waals surface area contributed by atoms with Gasteiger partial charge in [-0.15, -0.1) is 0 Å². The molecule has 0 nitrogen and oxygen atoms in total. The van der Waals surface area contributed by atoms with Crippen molar-refractivity contribution >= 4 is 58.0 Å². The molecule has 0 radical (unpaired) electrons. The van der Waals surface area contributed by atoms with Crippen LogP contribution in [0.3, 0.4) is 0 Å². The summed E-state index contributed by atoms with van der Waals surface area (Å²) in [6, 6.07) is 14.5. The Hall–Kier alpha value is -0.110. The highest BCUT2D eigenvalue weighted by Crippen LogP contribution is 2.47. The molecule has 0 fully saturated rings. The molecule has 2 aromatic rings. The topological polar surface area (TPSA) is 0 Å². The van der Waals surface area contributed by atoms with E-state index in [-0.39, 0.29) is 0 Å². The largest absolute Gasteiger partial charge is 0.201 e. The summed E-state index contributed by atoms with van der Waals surface area (Å²) >= 11 is 30.6. The first-order valence-corrected chi connectivity index (χ1v) is 7.35. The van der Waals surface area contributed by atoms with Gasteiger partial charge in [0.1, 0.15) is 0 Å². The number of halogens is 5. The first kappa shape index (κ1) is 15.3.